The maximum atomic E-state index is 12.1. The monoisotopic (exact) mass is 287 g/mol. The van der Waals surface area contributed by atoms with Gasteiger partial charge in [-0.15, -0.1) is 0 Å². The highest BCUT2D eigenvalue weighted by Gasteiger charge is 2.26. The summed E-state index contributed by atoms with van der Waals surface area (Å²) in [5, 5.41) is 6.68. The number of alkyl halides is 3. The van der Waals surface area contributed by atoms with Crippen LogP contribution in [0.3, 0.4) is 0 Å². The molecule has 1 aromatic carbocycles. The predicted molar refractivity (Wildman–Crippen MR) is 68.1 cm³/mol. The second-order valence-corrected chi connectivity index (χ2v) is 4.48. The number of nitrogens with zero attached hydrogens (tertiary/aromatic N) is 2. The normalized spacial score (nSPS) is 11.7. The molecule has 2 rings (SSSR count). The lowest BCUT2D eigenvalue weighted by atomic mass is 10.2. The maximum absolute atomic E-state index is 12.1. The number of hydrogen-bond acceptors (Lipinski definition) is 2. The van der Waals surface area contributed by atoms with Gasteiger partial charge in [-0.3, -0.25) is 5.10 Å². The Balaban J connectivity index is 2.17. The lowest BCUT2D eigenvalue weighted by molar-refractivity contribution is -0.135. The number of aromatic nitrogens is 3. The molecule has 0 aliphatic carbocycles. The number of halogens is 3. The lowest BCUT2D eigenvalue weighted by Gasteiger charge is -2.08. The summed E-state index contributed by atoms with van der Waals surface area (Å²) >= 11 is 5.04. The lowest BCUT2D eigenvalue weighted by Crippen LogP contribution is -2.10. The van der Waals surface area contributed by atoms with Gasteiger partial charge >= 0.3 is 6.18 Å². The summed E-state index contributed by atoms with van der Waals surface area (Å²) in [6.07, 6.45) is -4.98. The molecule has 0 bridgehead atoms. The zero-order chi connectivity index (χ0) is 13.9. The molecule has 1 heterocycles. The molecule has 19 heavy (non-hydrogen) atoms. The van der Waals surface area contributed by atoms with Gasteiger partial charge in [0.1, 0.15) is 0 Å². The molecule has 102 valence electrons. The van der Waals surface area contributed by atoms with Crippen molar-refractivity contribution >= 4 is 12.2 Å². The van der Waals surface area contributed by atoms with Crippen LogP contribution in [0.15, 0.2) is 30.3 Å². The summed E-state index contributed by atoms with van der Waals surface area (Å²) in [6, 6.07) is 9.22. The Kier molecular flexibility index (Phi) is 4.04. The molecule has 0 saturated heterocycles. The summed E-state index contributed by atoms with van der Waals surface area (Å²) in [5.41, 5.74) is 0.821. The van der Waals surface area contributed by atoms with Crippen molar-refractivity contribution < 1.29 is 13.2 Å². The minimum atomic E-state index is -4.14. The SMILES string of the molecule is FC(F)(F)CCCn1c(-c2ccccc2)n[nH]c1=S. The third-order valence-corrected chi connectivity index (χ3v) is 2.94. The van der Waals surface area contributed by atoms with E-state index in [4.69, 9.17) is 12.2 Å². The summed E-state index contributed by atoms with van der Waals surface area (Å²) in [7, 11) is 0. The van der Waals surface area contributed by atoms with Gasteiger partial charge in [-0.2, -0.15) is 18.3 Å². The van der Waals surface area contributed by atoms with Crippen LogP contribution in [0.4, 0.5) is 13.2 Å². The van der Waals surface area contributed by atoms with E-state index in [1.54, 1.807) is 4.57 Å². The first-order valence-electron chi connectivity index (χ1n) is 5.75. The van der Waals surface area contributed by atoms with Crippen molar-refractivity contribution in [2.24, 2.45) is 0 Å². The summed E-state index contributed by atoms with van der Waals surface area (Å²) in [4.78, 5) is 0. The van der Waals surface area contributed by atoms with E-state index in [0.29, 0.717) is 10.6 Å². The van der Waals surface area contributed by atoms with Gasteiger partial charge in [0.15, 0.2) is 10.6 Å². The fourth-order valence-corrected chi connectivity index (χ4v) is 1.99. The fraction of sp³-hybridized carbons (Fsp3) is 0.333. The molecule has 3 nitrogen and oxygen atoms in total. The number of benzene rings is 1. The van der Waals surface area contributed by atoms with Crippen LogP contribution in [0, 0.1) is 4.77 Å². The molecule has 0 aliphatic rings. The van der Waals surface area contributed by atoms with Crippen molar-refractivity contribution in [3.63, 3.8) is 0 Å². The van der Waals surface area contributed by atoms with Crippen LogP contribution in [0.25, 0.3) is 11.4 Å². The Morgan fingerprint density at radius 3 is 2.53 bits per heavy atom. The quantitative estimate of drug-likeness (QED) is 0.864. The van der Waals surface area contributed by atoms with Gasteiger partial charge < -0.3 is 4.57 Å². The number of rotatable bonds is 4. The topological polar surface area (TPSA) is 33.6 Å². The minimum absolute atomic E-state index is 0.0167. The standard InChI is InChI=1S/C12H12F3N3S/c13-12(14,15)7-4-8-18-10(16-17-11(18)19)9-5-2-1-3-6-9/h1-3,5-6H,4,7-8H2,(H,17,19). The smallest absolute Gasteiger partial charge is 0.300 e. The molecule has 0 aliphatic heterocycles. The number of hydrogen-bond donors (Lipinski definition) is 1. The maximum Gasteiger partial charge on any atom is 0.389 e. The van der Waals surface area contributed by atoms with Crippen molar-refractivity contribution in [1.29, 1.82) is 0 Å². The van der Waals surface area contributed by atoms with Crippen LogP contribution >= 0.6 is 12.2 Å². The van der Waals surface area contributed by atoms with E-state index in [2.05, 4.69) is 10.2 Å². The highest BCUT2D eigenvalue weighted by atomic mass is 32.1. The van der Waals surface area contributed by atoms with Gasteiger partial charge in [0, 0.05) is 18.5 Å². The predicted octanol–water partition coefficient (Wildman–Crippen LogP) is 3.95. The zero-order valence-electron chi connectivity index (χ0n) is 9.94. The average Bonchev–Trinajstić information content (AvgIpc) is 2.71. The van der Waals surface area contributed by atoms with E-state index in [-0.39, 0.29) is 13.0 Å². The Bertz CT molecular complexity index is 586. The second kappa shape index (κ2) is 5.56. The summed E-state index contributed by atoms with van der Waals surface area (Å²) < 4.78 is 38.4. The highest BCUT2D eigenvalue weighted by Crippen LogP contribution is 2.23. The van der Waals surface area contributed by atoms with Crippen LogP contribution in [-0.2, 0) is 6.54 Å². The molecule has 1 N–H and O–H groups in total. The van der Waals surface area contributed by atoms with E-state index < -0.39 is 12.6 Å². The Labute approximate surface area is 113 Å². The molecule has 0 amide bonds. The molecule has 7 heteroatoms. The van der Waals surface area contributed by atoms with Crippen molar-refractivity contribution in [2.45, 2.75) is 25.6 Å². The fourth-order valence-electron chi connectivity index (χ4n) is 1.77. The molecule has 0 radical (unpaired) electrons. The number of aromatic amines is 1. The largest absolute Gasteiger partial charge is 0.389 e. The first-order valence-corrected chi connectivity index (χ1v) is 6.15. The third-order valence-electron chi connectivity index (χ3n) is 2.63. The van der Waals surface area contributed by atoms with E-state index in [9.17, 15) is 13.2 Å². The van der Waals surface area contributed by atoms with Crippen LogP contribution in [-0.4, -0.2) is 20.9 Å². The third kappa shape index (κ3) is 3.66. The molecule has 0 fully saturated rings. The second-order valence-electron chi connectivity index (χ2n) is 4.09. The molecule has 2 aromatic rings. The van der Waals surface area contributed by atoms with Gasteiger partial charge in [0.2, 0.25) is 0 Å². The van der Waals surface area contributed by atoms with Crippen LogP contribution in [0.2, 0.25) is 0 Å². The molecular formula is C12H12F3N3S. The summed E-state index contributed by atoms with van der Waals surface area (Å²) in [6.45, 7) is 0.194. The van der Waals surface area contributed by atoms with E-state index in [0.717, 1.165) is 5.56 Å². The van der Waals surface area contributed by atoms with E-state index in [1.165, 1.54) is 0 Å². The first-order chi connectivity index (χ1) is 8.97. The number of H-pyrrole nitrogens is 1. The van der Waals surface area contributed by atoms with Gasteiger partial charge in [0.05, 0.1) is 0 Å². The van der Waals surface area contributed by atoms with Crippen LogP contribution < -0.4 is 0 Å². The van der Waals surface area contributed by atoms with Crippen LogP contribution in [0.5, 0.6) is 0 Å². The van der Waals surface area contributed by atoms with Crippen molar-refractivity contribution in [3.8, 4) is 11.4 Å². The van der Waals surface area contributed by atoms with Gasteiger partial charge in [-0.25, -0.2) is 0 Å². The van der Waals surface area contributed by atoms with E-state index in [1.807, 2.05) is 30.3 Å². The average molecular weight is 287 g/mol. The van der Waals surface area contributed by atoms with Gasteiger partial charge in [-0.1, -0.05) is 30.3 Å². The van der Waals surface area contributed by atoms with Crippen molar-refractivity contribution in [3.05, 3.63) is 35.1 Å². The molecular weight excluding hydrogens is 275 g/mol. The van der Waals surface area contributed by atoms with Crippen molar-refractivity contribution in [1.82, 2.24) is 14.8 Å². The molecule has 0 unspecified atom stereocenters. The Morgan fingerprint density at radius 1 is 1.21 bits per heavy atom. The molecule has 0 saturated carbocycles. The number of nitrogens with one attached hydrogen (secondary N) is 1. The Hall–Kier alpha value is -1.63. The first kappa shape index (κ1) is 13.8. The highest BCUT2D eigenvalue weighted by molar-refractivity contribution is 7.71. The minimum Gasteiger partial charge on any atom is -0.300 e. The summed E-state index contributed by atoms with van der Waals surface area (Å²) in [5.74, 6) is 0.563. The molecule has 0 spiro atoms. The molecule has 1 aromatic heterocycles. The Morgan fingerprint density at radius 2 is 1.89 bits per heavy atom. The molecule has 0 atom stereocenters. The van der Waals surface area contributed by atoms with Gasteiger partial charge in [0.25, 0.3) is 0 Å². The van der Waals surface area contributed by atoms with Crippen LogP contribution in [0.1, 0.15) is 12.8 Å². The van der Waals surface area contributed by atoms with Gasteiger partial charge in [-0.05, 0) is 18.6 Å². The van der Waals surface area contributed by atoms with E-state index >= 15 is 0 Å². The zero-order valence-corrected chi connectivity index (χ0v) is 10.8. The van der Waals surface area contributed by atoms with Crippen molar-refractivity contribution in [2.75, 3.05) is 0 Å².